The number of ether oxygens (including phenoxy) is 4. The van der Waals surface area contributed by atoms with Crippen molar-refractivity contribution in [3.8, 4) is 11.5 Å². The van der Waals surface area contributed by atoms with Gasteiger partial charge >= 0.3 is 0 Å². The second-order valence-corrected chi connectivity index (χ2v) is 7.33. The van der Waals surface area contributed by atoms with Crippen molar-refractivity contribution < 1.29 is 29.2 Å². The molecule has 0 aliphatic rings. The summed E-state index contributed by atoms with van der Waals surface area (Å²) in [6.45, 7) is 0.252. The second kappa shape index (κ2) is 12.8. The van der Waals surface area contributed by atoms with Gasteiger partial charge in [-0.3, -0.25) is 0 Å². The van der Waals surface area contributed by atoms with E-state index >= 15 is 0 Å². The first-order valence-corrected chi connectivity index (χ1v) is 10.6. The van der Waals surface area contributed by atoms with E-state index in [-0.39, 0.29) is 19.8 Å². The zero-order valence-electron chi connectivity index (χ0n) is 18.2. The summed E-state index contributed by atoms with van der Waals surface area (Å²) in [6.07, 6.45) is -2.54. The van der Waals surface area contributed by atoms with Crippen LogP contribution in [0.1, 0.15) is 11.1 Å². The normalized spacial score (nSPS) is 13.8. The summed E-state index contributed by atoms with van der Waals surface area (Å²) in [7, 11) is 1.60. The zero-order chi connectivity index (χ0) is 22.6. The molecule has 3 rings (SSSR count). The van der Waals surface area contributed by atoms with Crippen LogP contribution in [0.5, 0.6) is 11.5 Å². The molecular weight excluding hydrogens is 408 g/mol. The molecule has 3 unspecified atom stereocenters. The molecule has 0 aliphatic carbocycles. The van der Waals surface area contributed by atoms with Crippen molar-refractivity contribution in [1.29, 1.82) is 0 Å². The van der Waals surface area contributed by atoms with Crippen LogP contribution in [0.3, 0.4) is 0 Å². The highest BCUT2D eigenvalue weighted by Gasteiger charge is 2.30. The Morgan fingerprint density at radius 2 is 1.25 bits per heavy atom. The van der Waals surface area contributed by atoms with E-state index in [9.17, 15) is 10.2 Å². The predicted molar refractivity (Wildman–Crippen MR) is 122 cm³/mol. The maximum atomic E-state index is 10.9. The molecule has 0 saturated heterocycles. The van der Waals surface area contributed by atoms with Crippen LogP contribution in [0.15, 0.2) is 84.9 Å². The van der Waals surface area contributed by atoms with Gasteiger partial charge in [-0.25, -0.2) is 0 Å². The Labute approximate surface area is 189 Å². The highest BCUT2D eigenvalue weighted by molar-refractivity contribution is 5.31. The van der Waals surface area contributed by atoms with E-state index < -0.39 is 18.3 Å². The fourth-order valence-corrected chi connectivity index (χ4v) is 3.21. The van der Waals surface area contributed by atoms with Crippen LogP contribution in [0, 0.1) is 0 Å². The van der Waals surface area contributed by atoms with Crippen molar-refractivity contribution in [3.63, 3.8) is 0 Å². The van der Waals surface area contributed by atoms with E-state index in [1.165, 1.54) is 0 Å². The molecule has 3 aromatic rings. The van der Waals surface area contributed by atoms with Gasteiger partial charge in [-0.1, -0.05) is 60.7 Å². The Morgan fingerprint density at radius 1 is 0.719 bits per heavy atom. The van der Waals surface area contributed by atoms with Crippen molar-refractivity contribution in [3.05, 3.63) is 96.1 Å². The Balaban J connectivity index is 1.65. The third-order valence-electron chi connectivity index (χ3n) is 5.00. The Kier molecular flexibility index (Phi) is 9.53. The number of aliphatic hydroxyl groups is 2. The largest absolute Gasteiger partial charge is 0.497 e. The van der Waals surface area contributed by atoms with Crippen molar-refractivity contribution in [2.75, 3.05) is 20.3 Å². The number of hydrogen-bond acceptors (Lipinski definition) is 6. The average Bonchev–Trinajstić information content (AvgIpc) is 2.86. The molecule has 3 atom stereocenters. The number of hydrogen-bond donors (Lipinski definition) is 2. The summed E-state index contributed by atoms with van der Waals surface area (Å²) in [4.78, 5) is 0. The number of benzene rings is 3. The van der Waals surface area contributed by atoms with Crippen molar-refractivity contribution in [2.24, 2.45) is 0 Å². The van der Waals surface area contributed by atoms with Gasteiger partial charge in [-0.2, -0.15) is 0 Å². The number of aliphatic hydroxyl groups excluding tert-OH is 2. The van der Waals surface area contributed by atoms with Gasteiger partial charge < -0.3 is 29.2 Å². The van der Waals surface area contributed by atoms with Gasteiger partial charge in [0.25, 0.3) is 0 Å². The van der Waals surface area contributed by atoms with E-state index in [1.807, 2.05) is 60.7 Å². The molecule has 0 heterocycles. The lowest BCUT2D eigenvalue weighted by Crippen LogP contribution is -2.45. The van der Waals surface area contributed by atoms with Crippen LogP contribution in [0.2, 0.25) is 0 Å². The molecule has 0 aliphatic heterocycles. The Hall–Kier alpha value is -2.90. The van der Waals surface area contributed by atoms with Crippen LogP contribution in [0.25, 0.3) is 0 Å². The number of methoxy groups -OCH3 is 1. The van der Waals surface area contributed by atoms with Crippen molar-refractivity contribution in [1.82, 2.24) is 0 Å². The average molecular weight is 439 g/mol. The van der Waals surface area contributed by atoms with Crippen molar-refractivity contribution >= 4 is 0 Å². The van der Waals surface area contributed by atoms with Gasteiger partial charge in [0.15, 0.2) is 0 Å². The van der Waals surface area contributed by atoms with Gasteiger partial charge in [0, 0.05) is 0 Å². The van der Waals surface area contributed by atoms with E-state index in [4.69, 9.17) is 18.9 Å². The molecule has 0 amide bonds. The van der Waals surface area contributed by atoms with E-state index in [1.54, 1.807) is 31.4 Å². The summed E-state index contributed by atoms with van der Waals surface area (Å²) >= 11 is 0. The highest BCUT2D eigenvalue weighted by Crippen LogP contribution is 2.19. The van der Waals surface area contributed by atoms with Crippen molar-refractivity contribution in [2.45, 2.75) is 31.5 Å². The summed E-state index contributed by atoms with van der Waals surface area (Å²) in [6, 6.07) is 26.4. The topological polar surface area (TPSA) is 77.4 Å². The molecular formula is C26H30O6. The molecule has 6 nitrogen and oxygen atoms in total. The summed E-state index contributed by atoms with van der Waals surface area (Å²) in [5.41, 5.74) is 1.93. The second-order valence-electron chi connectivity index (χ2n) is 7.33. The molecule has 0 spiro atoms. The molecule has 3 aromatic carbocycles. The van der Waals surface area contributed by atoms with Crippen LogP contribution in [-0.4, -0.2) is 48.8 Å². The minimum absolute atomic E-state index is 0.0169. The molecule has 32 heavy (non-hydrogen) atoms. The maximum absolute atomic E-state index is 10.9. The summed E-state index contributed by atoms with van der Waals surface area (Å²) in [5, 5.41) is 20.9. The standard InChI is InChI=1S/C26H30O6/c1-29-22-12-14-23(15-13-22)30-19-24(28)26(32-18-21-10-6-3-7-11-21)25(16-27)31-17-20-8-4-2-5-9-20/h2-15,24-28H,16-19H2,1H3. The van der Waals surface area contributed by atoms with Crippen LogP contribution in [-0.2, 0) is 22.7 Å². The first kappa shape index (κ1) is 23.8. The Morgan fingerprint density at radius 3 is 1.78 bits per heavy atom. The molecule has 0 radical (unpaired) electrons. The van der Waals surface area contributed by atoms with E-state index in [2.05, 4.69) is 0 Å². The first-order valence-electron chi connectivity index (χ1n) is 10.6. The minimum Gasteiger partial charge on any atom is -0.497 e. The highest BCUT2D eigenvalue weighted by atomic mass is 16.6. The molecule has 2 N–H and O–H groups in total. The number of rotatable bonds is 13. The fourth-order valence-electron chi connectivity index (χ4n) is 3.21. The third kappa shape index (κ3) is 7.35. The van der Waals surface area contributed by atoms with Crippen LogP contribution in [0.4, 0.5) is 0 Å². The fraction of sp³-hybridized carbons (Fsp3) is 0.308. The molecule has 0 bridgehead atoms. The van der Waals surface area contributed by atoms with Crippen LogP contribution < -0.4 is 9.47 Å². The molecule has 170 valence electrons. The van der Waals surface area contributed by atoms with Gasteiger partial charge in [-0.05, 0) is 35.4 Å². The molecule has 0 aromatic heterocycles. The summed E-state index contributed by atoms with van der Waals surface area (Å²) in [5.74, 6) is 1.31. The predicted octanol–water partition coefficient (Wildman–Crippen LogP) is 3.60. The lowest BCUT2D eigenvalue weighted by molar-refractivity contribution is -0.150. The maximum Gasteiger partial charge on any atom is 0.119 e. The van der Waals surface area contributed by atoms with E-state index in [0.29, 0.717) is 12.4 Å². The van der Waals surface area contributed by atoms with Gasteiger partial charge in [0.05, 0.1) is 26.9 Å². The minimum atomic E-state index is -1.02. The monoisotopic (exact) mass is 438 g/mol. The SMILES string of the molecule is COc1ccc(OCC(O)C(OCc2ccccc2)C(CO)OCc2ccccc2)cc1. The Bertz CT molecular complexity index is 885. The molecule has 0 saturated carbocycles. The van der Waals surface area contributed by atoms with E-state index in [0.717, 1.165) is 16.9 Å². The molecule has 0 fully saturated rings. The van der Waals surface area contributed by atoms with Gasteiger partial charge in [0.2, 0.25) is 0 Å². The van der Waals surface area contributed by atoms with Crippen LogP contribution >= 0.6 is 0 Å². The third-order valence-corrected chi connectivity index (χ3v) is 5.00. The van der Waals surface area contributed by atoms with Gasteiger partial charge in [0.1, 0.15) is 36.4 Å². The summed E-state index contributed by atoms with van der Waals surface area (Å²) < 4.78 is 22.8. The first-order chi connectivity index (χ1) is 15.7. The lowest BCUT2D eigenvalue weighted by atomic mass is 10.1. The van der Waals surface area contributed by atoms with Gasteiger partial charge in [-0.15, -0.1) is 0 Å². The smallest absolute Gasteiger partial charge is 0.119 e. The zero-order valence-corrected chi connectivity index (χ0v) is 18.2. The quantitative estimate of drug-likeness (QED) is 0.425. The molecule has 6 heteroatoms. The lowest BCUT2D eigenvalue weighted by Gasteiger charge is -2.30.